The van der Waals surface area contributed by atoms with E-state index in [-0.39, 0.29) is 35.4 Å². The molecule has 1 saturated carbocycles. The maximum atomic E-state index is 13.1. The summed E-state index contributed by atoms with van der Waals surface area (Å²) in [6.45, 7) is 1.19. The van der Waals surface area contributed by atoms with Gasteiger partial charge in [0.1, 0.15) is 11.6 Å². The van der Waals surface area contributed by atoms with Crippen molar-refractivity contribution in [2.45, 2.75) is 25.2 Å². The van der Waals surface area contributed by atoms with Gasteiger partial charge in [-0.2, -0.15) is 0 Å². The van der Waals surface area contributed by atoms with Crippen LogP contribution in [0.4, 0.5) is 10.2 Å². The van der Waals surface area contributed by atoms with E-state index in [4.69, 9.17) is 0 Å². The summed E-state index contributed by atoms with van der Waals surface area (Å²) < 4.78 is 13.9. The largest absolute Gasteiger partial charge is 0.342 e. The van der Waals surface area contributed by atoms with Gasteiger partial charge in [0.05, 0.1) is 0 Å². The van der Waals surface area contributed by atoms with E-state index >= 15 is 0 Å². The summed E-state index contributed by atoms with van der Waals surface area (Å²) in [7, 11) is 0. The summed E-state index contributed by atoms with van der Waals surface area (Å²) in [5.74, 6) is 0.458. The fraction of sp³-hybridized carbons (Fsp3) is 0.381. The molecule has 2 fully saturated rings. The fourth-order valence-electron chi connectivity index (χ4n) is 3.82. The summed E-state index contributed by atoms with van der Waals surface area (Å²) in [6, 6.07) is 10.00. The predicted octanol–water partition coefficient (Wildman–Crippen LogP) is 3.96. The first-order valence-corrected chi connectivity index (χ1v) is 10.3. The van der Waals surface area contributed by atoms with Crippen molar-refractivity contribution < 1.29 is 14.0 Å². The van der Waals surface area contributed by atoms with Crippen molar-refractivity contribution in [1.29, 1.82) is 0 Å². The van der Waals surface area contributed by atoms with Crippen molar-refractivity contribution in [1.82, 2.24) is 9.88 Å². The van der Waals surface area contributed by atoms with Crippen LogP contribution in [-0.4, -0.2) is 34.8 Å². The molecule has 28 heavy (non-hydrogen) atoms. The Morgan fingerprint density at radius 1 is 1.11 bits per heavy atom. The maximum absolute atomic E-state index is 13.1. The number of amides is 2. The van der Waals surface area contributed by atoms with Crippen LogP contribution in [-0.2, 0) is 9.59 Å². The zero-order valence-electron chi connectivity index (χ0n) is 15.3. The topological polar surface area (TPSA) is 62.3 Å². The van der Waals surface area contributed by atoms with Gasteiger partial charge in [0.2, 0.25) is 11.8 Å². The van der Waals surface area contributed by atoms with Crippen molar-refractivity contribution >= 4 is 33.6 Å². The van der Waals surface area contributed by atoms with E-state index in [9.17, 15) is 14.0 Å². The molecule has 0 spiro atoms. The van der Waals surface area contributed by atoms with E-state index < -0.39 is 0 Å². The Kier molecular flexibility index (Phi) is 5.44. The number of carbonyl (C=O) groups is 2. The lowest BCUT2D eigenvalue weighted by Gasteiger charge is -2.31. The van der Waals surface area contributed by atoms with Crippen LogP contribution in [0.2, 0.25) is 0 Å². The smallest absolute Gasteiger partial charge is 0.228 e. The number of benzene rings is 1. The van der Waals surface area contributed by atoms with Gasteiger partial charge in [-0.15, -0.1) is 0 Å². The third kappa shape index (κ3) is 4.24. The van der Waals surface area contributed by atoms with Crippen molar-refractivity contribution in [2.75, 3.05) is 18.4 Å². The highest BCUT2D eigenvalue weighted by molar-refractivity contribution is 9.10. The second kappa shape index (κ2) is 7.99. The monoisotopic (exact) mass is 445 g/mol. The third-order valence-electron chi connectivity index (χ3n) is 5.56. The van der Waals surface area contributed by atoms with Gasteiger partial charge >= 0.3 is 0 Å². The van der Waals surface area contributed by atoms with E-state index in [1.807, 2.05) is 11.0 Å². The minimum atomic E-state index is -0.258. The number of rotatable bonds is 4. The van der Waals surface area contributed by atoms with Crippen LogP contribution in [0.5, 0.6) is 0 Å². The molecule has 1 aliphatic carbocycles. The number of hydrogen-bond acceptors (Lipinski definition) is 3. The Labute approximate surface area is 171 Å². The molecule has 1 aromatic heterocycles. The molecule has 0 bridgehead atoms. The van der Waals surface area contributed by atoms with Crippen molar-refractivity contribution in [2.24, 2.45) is 11.8 Å². The molecule has 1 aliphatic heterocycles. The van der Waals surface area contributed by atoms with E-state index in [0.29, 0.717) is 31.7 Å². The summed E-state index contributed by atoms with van der Waals surface area (Å²) in [6.07, 6.45) is 3.77. The van der Waals surface area contributed by atoms with Crippen LogP contribution < -0.4 is 5.32 Å². The molecule has 5 nitrogen and oxygen atoms in total. The Morgan fingerprint density at radius 3 is 2.46 bits per heavy atom. The number of likely N-dealkylation sites (tertiary alicyclic amines) is 1. The molecule has 2 heterocycles. The van der Waals surface area contributed by atoms with E-state index in [0.717, 1.165) is 16.5 Å². The third-order valence-corrected chi connectivity index (χ3v) is 6.03. The number of halogens is 2. The zero-order valence-corrected chi connectivity index (χ0v) is 16.9. The predicted molar refractivity (Wildman–Crippen MR) is 107 cm³/mol. The number of nitrogens with one attached hydrogen (secondary N) is 1. The number of aromatic nitrogens is 1. The molecule has 1 N–H and O–H groups in total. The molecule has 4 rings (SSSR count). The van der Waals surface area contributed by atoms with E-state index in [1.54, 1.807) is 24.4 Å². The lowest BCUT2D eigenvalue weighted by atomic mass is 9.95. The molecule has 7 heteroatoms. The van der Waals surface area contributed by atoms with E-state index in [2.05, 4.69) is 26.2 Å². The Bertz CT molecular complexity index is 864. The normalized spacial score (nSPS) is 22.0. The van der Waals surface area contributed by atoms with Gasteiger partial charge in [0, 0.05) is 35.6 Å². The highest BCUT2D eigenvalue weighted by Gasteiger charge is 2.46. The molecule has 2 atom stereocenters. The highest BCUT2D eigenvalue weighted by atomic mass is 79.9. The lowest BCUT2D eigenvalue weighted by molar-refractivity contribution is -0.135. The second-order valence-electron chi connectivity index (χ2n) is 7.45. The molecule has 2 aliphatic rings. The SMILES string of the molecule is O=C(Nc1ccc(Br)cn1)C1CCN(C(=O)C2CC2c2ccc(F)cc2)CC1. The van der Waals surface area contributed by atoms with Crippen LogP contribution in [0, 0.1) is 17.7 Å². The zero-order chi connectivity index (χ0) is 19.7. The average Bonchev–Trinajstić information content (AvgIpc) is 3.51. The summed E-state index contributed by atoms with van der Waals surface area (Å²) in [5, 5.41) is 2.85. The van der Waals surface area contributed by atoms with Gasteiger partial charge in [-0.05, 0) is 70.9 Å². The summed E-state index contributed by atoms with van der Waals surface area (Å²) in [5.41, 5.74) is 1.02. The maximum Gasteiger partial charge on any atom is 0.228 e. The van der Waals surface area contributed by atoms with Crippen molar-refractivity contribution in [3.05, 3.63) is 58.4 Å². The van der Waals surface area contributed by atoms with Crippen LogP contribution in [0.1, 0.15) is 30.7 Å². The molecular formula is C21H21BrFN3O2. The number of nitrogens with zero attached hydrogens (tertiary/aromatic N) is 2. The van der Waals surface area contributed by atoms with Crippen LogP contribution in [0.25, 0.3) is 0 Å². The molecule has 2 amide bonds. The molecule has 2 aromatic rings. The van der Waals surface area contributed by atoms with Gasteiger partial charge in [-0.25, -0.2) is 9.37 Å². The van der Waals surface area contributed by atoms with Crippen LogP contribution in [0.15, 0.2) is 47.1 Å². The average molecular weight is 446 g/mol. The molecular weight excluding hydrogens is 425 g/mol. The number of piperidine rings is 1. The van der Waals surface area contributed by atoms with E-state index in [1.165, 1.54) is 12.1 Å². The van der Waals surface area contributed by atoms with Gasteiger partial charge < -0.3 is 10.2 Å². The second-order valence-corrected chi connectivity index (χ2v) is 8.37. The number of hydrogen-bond donors (Lipinski definition) is 1. The number of pyridine rings is 1. The quantitative estimate of drug-likeness (QED) is 0.774. The van der Waals surface area contributed by atoms with Gasteiger partial charge in [-0.3, -0.25) is 9.59 Å². The first-order valence-electron chi connectivity index (χ1n) is 9.48. The lowest BCUT2D eigenvalue weighted by Crippen LogP contribution is -2.42. The first-order chi connectivity index (χ1) is 13.5. The summed E-state index contributed by atoms with van der Waals surface area (Å²) >= 11 is 3.32. The molecule has 0 radical (unpaired) electrons. The van der Waals surface area contributed by atoms with Crippen LogP contribution in [0.3, 0.4) is 0 Å². The summed E-state index contributed by atoms with van der Waals surface area (Å²) in [4.78, 5) is 31.2. The van der Waals surface area contributed by atoms with Gasteiger partial charge in [0.25, 0.3) is 0 Å². The molecule has 1 saturated heterocycles. The van der Waals surface area contributed by atoms with Crippen molar-refractivity contribution in [3.63, 3.8) is 0 Å². The molecule has 1 aromatic carbocycles. The highest BCUT2D eigenvalue weighted by Crippen LogP contribution is 2.48. The standard InChI is InChI=1S/C21H21BrFN3O2/c22-15-3-6-19(24-12-15)25-20(27)14-7-9-26(10-8-14)21(28)18-11-17(18)13-1-4-16(23)5-2-13/h1-6,12,14,17-18H,7-11H2,(H,24,25,27). The number of anilines is 1. The van der Waals surface area contributed by atoms with Crippen molar-refractivity contribution in [3.8, 4) is 0 Å². The van der Waals surface area contributed by atoms with Crippen LogP contribution >= 0.6 is 15.9 Å². The minimum absolute atomic E-state index is 0.0113. The fourth-order valence-corrected chi connectivity index (χ4v) is 4.06. The Hall–Kier alpha value is -2.28. The Balaban J connectivity index is 1.27. The first kappa shape index (κ1) is 19.1. The minimum Gasteiger partial charge on any atom is -0.342 e. The van der Waals surface area contributed by atoms with Gasteiger partial charge in [-0.1, -0.05) is 12.1 Å². The Morgan fingerprint density at radius 2 is 1.82 bits per heavy atom. The molecule has 2 unspecified atom stereocenters. The van der Waals surface area contributed by atoms with Gasteiger partial charge in [0.15, 0.2) is 0 Å². The number of carbonyl (C=O) groups excluding carboxylic acids is 2. The molecule has 146 valence electrons.